The van der Waals surface area contributed by atoms with Crippen LogP contribution < -0.4 is 20.1 Å². The molecule has 0 fully saturated rings. The van der Waals surface area contributed by atoms with E-state index in [0.29, 0.717) is 74.7 Å². The Balaban J connectivity index is 1.70. The van der Waals surface area contributed by atoms with E-state index in [4.69, 9.17) is 18.9 Å². The largest absolute Gasteiger partial charge is 0.492 e. The summed E-state index contributed by atoms with van der Waals surface area (Å²) in [5, 5.41) is 6.94. The van der Waals surface area contributed by atoms with E-state index < -0.39 is 5.97 Å². The molecule has 0 saturated carbocycles. The van der Waals surface area contributed by atoms with Crippen LogP contribution in [0.4, 0.5) is 17.2 Å². The topological polar surface area (TPSA) is 121 Å². The SMILES string of the molecule is CCOc1cc(Nc2ncnc3sc(C(=O)OCCOC)c(C)c23)c(OCC)cc1NC(=O)c1ccccc1. The summed E-state index contributed by atoms with van der Waals surface area (Å²) < 4.78 is 22.1. The first-order valence-electron chi connectivity index (χ1n) is 12.4. The number of carbonyl (C=O) groups is 2. The fraction of sp³-hybridized carbons (Fsp3) is 0.286. The van der Waals surface area contributed by atoms with Crippen LogP contribution in [0.15, 0.2) is 48.8 Å². The van der Waals surface area contributed by atoms with E-state index in [1.54, 1.807) is 43.5 Å². The second-order valence-electron chi connectivity index (χ2n) is 8.24. The number of hydrogen-bond donors (Lipinski definition) is 2. The van der Waals surface area contributed by atoms with Gasteiger partial charge in [-0.3, -0.25) is 4.79 Å². The van der Waals surface area contributed by atoms with Crippen LogP contribution in [0.5, 0.6) is 11.5 Å². The quantitative estimate of drug-likeness (QED) is 0.172. The van der Waals surface area contributed by atoms with Gasteiger partial charge in [0.05, 0.1) is 36.6 Å². The maximum Gasteiger partial charge on any atom is 0.348 e. The number of nitrogens with one attached hydrogen (secondary N) is 2. The van der Waals surface area contributed by atoms with Crippen LogP contribution in [0.3, 0.4) is 0 Å². The molecule has 0 radical (unpaired) electrons. The Bertz CT molecular complexity index is 1460. The molecule has 4 rings (SSSR count). The zero-order valence-corrected chi connectivity index (χ0v) is 23.0. The van der Waals surface area contributed by atoms with Crippen molar-refractivity contribution in [2.75, 3.05) is 44.2 Å². The van der Waals surface area contributed by atoms with Gasteiger partial charge in [-0.05, 0) is 38.5 Å². The summed E-state index contributed by atoms with van der Waals surface area (Å²) in [5.74, 6) is 0.737. The molecule has 0 aliphatic heterocycles. The molecule has 0 aliphatic rings. The number of ether oxygens (including phenoxy) is 4. The number of carbonyl (C=O) groups excluding carboxylic acids is 2. The van der Waals surface area contributed by atoms with Gasteiger partial charge >= 0.3 is 5.97 Å². The van der Waals surface area contributed by atoms with E-state index in [0.717, 1.165) is 0 Å². The monoisotopic (exact) mass is 550 g/mol. The molecule has 2 N–H and O–H groups in total. The molecule has 0 saturated heterocycles. The van der Waals surface area contributed by atoms with Gasteiger partial charge in [0.2, 0.25) is 0 Å². The molecule has 0 aliphatic carbocycles. The molecule has 204 valence electrons. The van der Waals surface area contributed by atoms with Gasteiger partial charge in [0, 0.05) is 24.8 Å². The van der Waals surface area contributed by atoms with E-state index in [-0.39, 0.29) is 12.5 Å². The standard InChI is InChI=1S/C28H30N4O6S/c1-5-36-21-15-20(32-26(33)18-10-8-7-9-11-18)22(37-6-2)14-19(21)31-25-23-17(3)24(28(34)38-13-12-35-4)39-27(23)30-16-29-25/h7-11,14-16H,5-6,12-13H2,1-4H3,(H,32,33)(H,29,30,31). The second kappa shape index (κ2) is 13.0. The smallest absolute Gasteiger partial charge is 0.348 e. The van der Waals surface area contributed by atoms with Crippen molar-refractivity contribution in [1.29, 1.82) is 0 Å². The third-order valence-electron chi connectivity index (χ3n) is 5.65. The van der Waals surface area contributed by atoms with Crippen molar-refractivity contribution in [2.45, 2.75) is 20.8 Å². The highest BCUT2D eigenvalue weighted by Crippen LogP contribution is 2.41. The number of thiophene rings is 1. The Morgan fingerprint density at radius 1 is 0.949 bits per heavy atom. The lowest BCUT2D eigenvalue weighted by Gasteiger charge is -2.18. The van der Waals surface area contributed by atoms with Crippen molar-refractivity contribution in [2.24, 2.45) is 0 Å². The molecule has 0 spiro atoms. The Morgan fingerprint density at radius 2 is 1.64 bits per heavy atom. The third-order valence-corrected chi connectivity index (χ3v) is 6.83. The van der Waals surface area contributed by atoms with E-state index in [9.17, 15) is 9.59 Å². The van der Waals surface area contributed by atoms with Crippen LogP contribution in [-0.2, 0) is 9.47 Å². The third kappa shape index (κ3) is 6.44. The minimum Gasteiger partial charge on any atom is -0.492 e. The number of anilines is 3. The average molecular weight is 551 g/mol. The number of aromatic nitrogens is 2. The molecule has 1 amide bonds. The van der Waals surface area contributed by atoms with Crippen LogP contribution in [0.2, 0.25) is 0 Å². The number of hydrogen-bond acceptors (Lipinski definition) is 10. The van der Waals surface area contributed by atoms with Gasteiger partial charge in [-0.1, -0.05) is 18.2 Å². The Kier molecular flexibility index (Phi) is 9.29. The zero-order valence-electron chi connectivity index (χ0n) is 22.2. The van der Waals surface area contributed by atoms with Crippen LogP contribution >= 0.6 is 11.3 Å². The Morgan fingerprint density at radius 3 is 2.33 bits per heavy atom. The van der Waals surface area contributed by atoms with E-state index >= 15 is 0 Å². The lowest BCUT2D eigenvalue weighted by atomic mass is 10.1. The van der Waals surface area contributed by atoms with Crippen molar-refractivity contribution in [3.63, 3.8) is 0 Å². The summed E-state index contributed by atoms with van der Waals surface area (Å²) in [4.78, 5) is 35.4. The predicted molar refractivity (Wildman–Crippen MR) is 151 cm³/mol. The normalized spacial score (nSPS) is 10.8. The first-order valence-corrected chi connectivity index (χ1v) is 13.3. The zero-order chi connectivity index (χ0) is 27.8. The van der Waals surface area contributed by atoms with E-state index in [1.165, 1.54) is 17.7 Å². The molecule has 0 atom stereocenters. The van der Waals surface area contributed by atoms with Crippen molar-refractivity contribution >= 4 is 50.6 Å². The van der Waals surface area contributed by atoms with Crippen molar-refractivity contribution < 1.29 is 28.5 Å². The van der Waals surface area contributed by atoms with Gasteiger partial charge in [-0.15, -0.1) is 11.3 Å². The van der Waals surface area contributed by atoms with Gasteiger partial charge in [-0.25, -0.2) is 14.8 Å². The Labute approximate surface area is 230 Å². The number of aryl methyl sites for hydroxylation is 1. The van der Waals surface area contributed by atoms with Crippen molar-refractivity contribution in [3.05, 3.63) is 64.8 Å². The molecule has 4 aromatic rings. The first-order chi connectivity index (χ1) is 19.0. The molecule has 10 nitrogen and oxygen atoms in total. The molecule has 0 bridgehead atoms. The molecule has 2 heterocycles. The number of fused-ring (bicyclic) bond motifs is 1. The molecular formula is C28H30N4O6S. The number of amides is 1. The summed E-state index contributed by atoms with van der Waals surface area (Å²) in [6.45, 7) is 6.81. The highest BCUT2D eigenvalue weighted by Gasteiger charge is 2.22. The molecule has 39 heavy (non-hydrogen) atoms. The Hall–Kier alpha value is -4.22. The highest BCUT2D eigenvalue weighted by atomic mass is 32.1. The van der Waals surface area contributed by atoms with Crippen molar-refractivity contribution in [3.8, 4) is 11.5 Å². The molecular weight excluding hydrogens is 520 g/mol. The maximum atomic E-state index is 12.9. The summed E-state index contributed by atoms with van der Waals surface area (Å²) >= 11 is 1.24. The first kappa shape index (κ1) is 27.8. The molecule has 11 heteroatoms. The summed E-state index contributed by atoms with van der Waals surface area (Å²) in [5.41, 5.74) is 2.27. The van der Waals surface area contributed by atoms with Gasteiger partial charge in [0.1, 0.15) is 40.0 Å². The molecule has 2 aromatic carbocycles. The van der Waals surface area contributed by atoms with Gasteiger partial charge in [-0.2, -0.15) is 0 Å². The number of rotatable bonds is 12. The number of nitrogens with zero attached hydrogens (tertiary/aromatic N) is 2. The summed E-state index contributed by atoms with van der Waals surface area (Å²) in [6, 6.07) is 12.4. The van der Waals surface area contributed by atoms with E-state index in [1.807, 2.05) is 26.8 Å². The number of esters is 1. The minimum atomic E-state index is -0.439. The van der Waals surface area contributed by atoms with Gasteiger partial charge in [0.25, 0.3) is 5.91 Å². The maximum absolute atomic E-state index is 12.9. The van der Waals surface area contributed by atoms with Gasteiger partial charge in [0.15, 0.2) is 0 Å². The lowest BCUT2D eigenvalue weighted by molar-refractivity contribution is 0.0393. The minimum absolute atomic E-state index is 0.158. The fourth-order valence-electron chi connectivity index (χ4n) is 3.86. The molecule has 2 aromatic heterocycles. The van der Waals surface area contributed by atoms with Crippen molar-refractivity contribution in [1.82, 2.24) is 9.97 Å². The lowest BCUT2D eigenvalue weighted by Crippen LogP contribution is -2.13. The van der Waals surface area contributed by atoms with E-state index in [2.05, 4.69) is 20.6 Å². The van der Waals surface area contributed by atoms with Crippen LogP contribution in [0, 0.1) is 6.92 Å². The van der Waals surface area contributed by atoms with Crippen LogP contribution in [0.25, 0.3) is 10.2 Å². The molecule has 0 unspecified atom stereocenters. The highest BCUT2D eigenvalue weighted by molar-refractivity contribution is 7.20. The van der Waals surface area contributed by atoms with Gasteiger partial charge < -0.3 is 29.6 Å². The number of methoxy groups -OCH3 is 1. The fourth-order valence-corrected chi connectivity index (χ4v) is 4.90. The predicted octanol–water partition coefficient (Wildman–Crippen LogP) is 5.60. The summed E-state index contributed by atoms with van der Waals surface area (Å²) in [7, 11) is 1.54. The van der Waals surface area contributed by atoms with Crippen LogP contribution in [-0.4, -0.2) is 55.4 Å². The summed E-state index contributed by atoms with van der Waals surface area (Å²) in [6.07, 6.45) is 1.43. The average Bonchev–Trinajstić information content (AvgIpc) is 3.29. The van der Waals surface area contributed by atoms with Crippen LogP contribution in [0.1, 0.15) is 39.4 Å². The number of benzene rings is 2. The second-order valence-corrected chi connectivity index (χ2v) is 9.24.